The molecular formula is C14H20BrNO2. The summed E-state index contributed by atoms with van der Waals surface area (Å²) in [7, 11) is 1.74. The van der Waals surface area contributed by atoms with Crippen LogP contribution in [-0.2, 0) is 4.74 Å². The number of halogens is 1. The van der Waals surface area contributed by atoms with Crippen LogP contribution in [0.25, 0.3) is 0 Å². The van der Waals surface area contributed by atoms with E-state index >= 15 is 0 Å². The average molecular weight is 314 g/mol. The molecule has 0 amide bonds. The first-order valence-corrected chi connectivity index (χ1v) is 7.18. The number of rotatable bonds is 4. The van der Waals surface area contributed by atoms with Gasteiger partial charge >= 0.3 is 0 Å². The van der Waals surface area contributed by atoms with Gasteiger partial charge in [0.1, 0.15) is 5.75 Å². The molecule has 1 aliphatic rings. The number of hydrogen-bond donors (Lipinski definition) is 1. The Morgan fingerprint density at radius 2 is 2.39 bits per heavy atom. The second kappa shape index (κ2) is 6.55. The van der Waals surface area contributed by atoms with Gasteiger partial charge in [-0.25, -0.2) is 0 Å². The molecule has 4 heteroatoms. The minimum atomic E-state index is 0.230. The first-order valence-electron chi connectivity index (χ1n) is 6.39. The van der Waals surface area contributed by atoms with Gasteiger partial charge < -0.3 is 14.8 Å². The van der Waals surface area contributed by atoms with Crippen molar-refractivity contribution in [2.45, 2.75) is 31.9 Å². The molecular weight excluding hydrogens is 294 g/mol. The third-order valence-corrected chi connectivity index (χ3v) is 3.79. The monoisotopic (exact) mass is 313 g/mol. The number of fused-ring (bicyclic) bond motifs is 1. The van der Waals surface area contributed by atoms with Crippen LogP contribution in [0.3, 0.4) is 0 Å². The molecule has 18 heavy (non-hydrogen) atoms. The first-order chi connectivity index (χ1) is 8.70. The second-order valence-corrected chi connectivity index (χ2v) is 5.60. The van der Waals surface area contributed by atoms with Crippen molar-refractivity contribution in [2.75, 3.05) is 20.3 Å². The summed E-state index contributed by atoms with van der Waals surface area (Å²) in [5.41, 5.74) is 1.25. The van der Waals surface area contributed by atoms with Crippen LogP contribution in [0.15, 0.2) is 22.7 Å². The third-order valence-electron chi connectivity index (χ3n) is 3.30. The number of ether oxygens (including phenoxy) is 2. The Balaban J connectivity index is 2.11. The van der Waals surface area contributed by atoms with E-state index in [9.17, 15) is 0 Å². The van der Waals surface area contributed by atoms with Gasteiger partial charge in [-0.3, -0.25) is 0 Å². The Bertz CT molecular complexity index is 397. The lowest BCUT2D eigenvalue weighted by atomic mass is 10.0. The van der Waals surface area contributed by atoms with E-state index in [0.29, 0.717) is 6.04 Å². The van der Waals surface area contributed by atoms with E-state index < -0.39 is 0 Å². The molecule has 0 aliphatic carbocycles. The third kappa shape index (κ3) is 3.46. The summed E-state index contributed by atoms with van der Waals surface area (Å²) in [6, 6.07) is 6.62. The molecule has 0 saturated heterocycles. The summed E-state index contributed by atoms with van der Waals surface area (Å²) in [5, 5.41) is 3.57. The van der Waals surface area contributed by atoms with Gasteiger partial charge in [-0.1, -0.05) is 22.0 Å². The molecule has 2 unspecified atom stereocenters. The molecule has 1 N–H and O–H groups in total. The Morgan fingerprint density at radius 3 is 3.17 bits per heavy atom. The van der Waals surface area contributed by atoms with Crippen molar-refractivity contribution in [1.82, 2.24) is 5.32 Å². The Kier molecular flexibility index (Phi) is 5.03. The fourth-order valence-corrected chi connectivity index (χ4v) is 2.49. The van der Waals surface area contributed by atoms with Gasteiger partial charge in [-0.05, 0) is 31.9 Å². The topological polar surface area (TPSA) is 30.5 Å². The Labute approximate surface area is 117 Å². The molecule has 1 aliphatic heterocycles. The van der Waals surface area contributed by atoms with Crippen LogP contribution in [0.1, 0.15) is 31.4 Å². The largest absolute Gasteiger partial charge is 0.493 e. The van der Waals surface area contributed by atoms with E-state index in [1.807, 2.05) is 0 Å². The van der Waals surface area contributed by atoms with Crippen molar-refractivity contribution in [1.29, 1.82) is 0 Å². The van der Waals surface area contributed by atoms with E-state index in [1.54, 1.807) is 7.11 Å². The minimum absolute atomic E-state index is 0.230. The fourth-order valence-electron chi connectivity index (χ4n) is 2.15. The standard InChI is InChI=1S/C14H20BrNO2/c1-10(17-2)9-16-13-4-3-7-18-14-8-11(15)5-6-12(13)14/h5-6,8,10,13,16H,3-4,7,9H2,1-2H3. The van der Waals surface area contributed by atoms with Crippen molar-refractivity contribution in [3.8, 4) is 5.75 Å². The van der Waals surface area contributed by atoms with Gasteiger partial charge in [0.25, 0.3) is 0 Å². The number of methoxy groups -OCH3 is 1. The predicted octanol–water partition coefficient (Wildman–Crippen LogP) is 3.29. The van der Waals surface area contributed by atoms with Crippen molar-refractivity contribution < 1.29 is 9.47 Å². The lowest BCUT2D eigenvalue weighted by Gasteiger charge is -2.20. The molecule has 2 atom stereocenters. The minimum Gasteiger partial charge on any atom is -0.493 e. The van der Waals surface area contributed by atoms with Crippen LogP contribution in [0.2, 0.25) is 0 Å². The quantitative estimate of drug-likeness (QED) is 0.925. The molecule has 0 spiro atoms. The number of benzene rings is 1. The van der Waals surface area contributed by atoms with E-state index in [2.05, 4.69) is 46.4 Å². The summed E-state index contributed by atoms with van der Waals surface area (Å²) >= 11 is 3.49. The smallest absolute Gasteiger partial charge is 0.125 e. The predicted molar refractivity (Wildman–Crippen MR) is 76.1 cm³/mol. The van der Waals surface area contributed by atoms with Crippen molar-refractivity contribution in [2.24, 2.45) is 0 Å². The fraction of sp³-hybridized carbons (Fsp3) is 0.571. The second-order valence-electron chi connectivity index (χ2n) is 4.68. The lowest BCUT2D eigenvalue weighted by molar-refractivity contribution is 0.114. The summed E-state index contributed by atoms with van der Waals surface area (Å²) in [5.74, 6) is 0.990. The molecule has 0 bridgehead atoms. The van der Waals surface area contributed by atoms with Gasteiger partial charge in [0, 0.05) is 29.7 Å². The average Bonchev–Trinajstić information content (AvgIpc) is 2.57. The molecule has 2 rings (SSSR count). The van der Waals surface area contributed by atoms with Crippen LogP contribution in [0, 0.1) is 0 Å². The number of hydrogen-bond acceptors (Lipinski definition) is 3. The SMILES string of the molecule is COC(C)CNC1CCCOc2cc(Br)ccc21. The number of nitrogens with one attached hydrogen (secondary N) is 1. The maximum Gasteiger partial charge on any atom is 0.125 e. The zero-order valence-corrected chi connectivity index (χ0v) is 12.5. The zero-order chi connectivity index (χ0) is 13.0. The van der Waals surface area contributed by atoms with Crippen LogP contribution in [-0.4, -0.2) is 26.4 Å². The van der Waals surface area contributed by atoms with Crippen LogP contribution < -0.4 is 10.1 Å². The Hall–Kier alpha value is -0.580. The van der Waals surface area contributed by atoms with Crippen LogP contribution in [0.4, 0.5) is 0 Å². The summed E-state index contributed by atoms with van der Waals surface area (Å²) < 4.78 is 12.1. The molecule has 100 valence electrons. The molecule has 3 nitrogen and oxygen atoms in total. The maximum atomic E-state index is 5.79. The lowest BCUT2D eigenvalue weighted by Crippen LogP contribution is -2.29. The summed E-state index contributed by atoms with van der Waals surface area (Å²) in [6.45, 7) is 3.72. The van der Waals surface area contributed by atoms with E-state index in [1.165, 1.54) is 5.56 Å². The molecule has 1 heterocycles. The molecule has 0 fully saturated rings. The zero-order valence-electron chi connectivity index (χ0n) is 10.9. The van der Waals surface area contributed by atoms with Gasteiger partial charge in [-0.15, -0.1) is 0 Å². The van der Waals surface area contributed by atoms with Crippen LogP contribution >= 0.6 is 15.9 Å². The molecule has 1 aromatic rings. The Morgan fingerprint density at radius 1 is 1.56 bits per heavy atom. The molecule has 0 saturated carbocycles. The summed E-state index contributed by atoms with van der Waals surface area (Å²) in [6.07, 6.45) is 2.41. The van der Waals surface area contributed by atoms with Crippen molar-refractivity contribution in [3.05, 3.63) is 28.2 Å². The van der Waals surface area contributed by atoms with Gasteiger partial charge in [-0.2, -0.15) is 0 Å². The molecule has 1 aromatic carbocycles. The van der Waals surface area contributed by atoms with E-state index in [0.717, 1.165) is 36.2 Å². The highest BCUT2D eigenvalue weighted by Gasteiger charge is 2.20. The van der Waals surface area contributed by atoms with E-state index in [4.69, 9.17) is 9.47 Å². The maximum absolute atomic E-state index is 5.79. The molecule has 0 radical (unpaired) electrons. The van der Waals surface area contributed by atoms with Crippen molar-refractivity contribution in [3.63, 3.8) is 0 Å². The highest BCUT2D eigenvalue weighted by atomic mass is 79.9. The normalized spacial score (nSPS) is 20.7. The van der Waals surface area contributed by atoms with Gasteiger partial charge in [0.15, 0.2) is 0 Å². The first kappa shape index (κ1) is 13.8. The highest BCUT2D eigenvalue weighted by Crippen LogP contribution is 2.33. The van der Waals surface area contributed by atoms with Gasteiger partial charge in [0.05, 0.1) is 12.7 Å². The van der Waals surface area contributed by atoms with Crippen molar-refractivity contribution >= 4 is 15.9 Å². The highest BCUT2D eigenvalue weighted by molar-refractivity contribution is 9.10. The van der Waals surface area contributed by atoms with E-state index in [-0.39, 0.29) is 6.10 Å². The van der Waals surface area contributed by atoms with Gasteiger partial charge in [0.2, 0.25) is 0 Å². The van der Waals surface area contributed by atoms with Crippen LogP contribution in [0.5, 0.6) is 5.75 Å². The summed E-state index contributed by atoms with van der Waals surface area (Å²) in [4.78, 5) is 0. The molecule has 0 aromatic heterocycles.